The van der Waals surface area contributed by atoms with E-state index in [1.165, 1.54) is 43.2 Å². The third kappa shape index (κ3) is 4.98. The second-order valence-corrected chi connectivity index (χ2v) is 9.10. The fourth-order valence-corrected chi connectivity index (χ4v) is 4.85. The Morgan fingerprint density at radius 2 is 1.76 bits per heavy atom. The summed E-state index contributed by atoms with van der Waals surface area (Å²) in [6.45, 7) is 5.43. The zero-order chi connectivity index (χ0) is 22.6. The molecule has 2 aliphatic rings. The first-order valence-corrected chi connectivity index (χ1v) is 12.0. The summed E-state index contributed by atoms with van der Waals surface area (Å²) < 4.78 is 19.9. The highest BCUT2D eigenvalue weighted by Crippen LogP contribution is 2.39. The Morgan fingerprint density at radius 1 is 0.909 bits per heavy atom. The van der Waals surface area contributed by atoms with E-state index >= 15 is 0 Å². The summed E-state index contributed by atoms with van der Waals surface area (Å²) in [6, 6.07) is 22.1. The van der Waals surface area contributed by atoms with Crippen LogP contribution in [0.15, 0.2) is 66.7 Å². The monoisotopic (exact) mass is 445 g/mol. The van der Waals surface area contributed by atoms with Crippen molar-refractivity contribution >= 4 is 17.1 Å². The molecule has 0 spiro atoms. The van der Waals surface area contributed by atoms with Gasteiger partial charge in [0.1, 0.15) is 18.2 Å². The van der Waals surface area contributed by atoms with Crippen molar-refractivity contribution in [2.45, 2.75) is 25.9 Å². The fraction of sp³-hybridized carbons (Fsp3) is 0.357. The number of nitrogens with zero attached hydrogens (tertiary/aromatic N) is 3. The lowest BCUT2D eigenvalue weighted by molar-refractivity contribution is 0.310. The summed E-state index contributed by atoms with van der Waals surface area (Å²) in [7, 11) is 2.18. The molecule has 0 aromatic heterocycles. The van der Waals surface area contributed by atoms with E-state index in [0.29, 0.717) is 6.61 Å². The molecule has 5 rings (SSSR count). The molecule has 0 N–H and O–H groups in total. The van der Waals surface area contributed by atoms with E-state index < -0.39 is 0 Å². The number of para-hydroxylation sites is 2. The molecule has 0 unspecified atom stereocenters. The van der Waals surface area contributed by atoms with Gasteiger partial charge >= 0.3 is 0 Å². The lowest BCUT2D eigenvalue weighted by Gasteiger charge is -2.28. The van der Waals surface area contributed by atoms with Crippen molar-refractivity contribution in [3.05, 3.63) is 83.7 Å². The van der Waals surface area contributed by atoms with Crippen LogP contribution in [0.3, 0.4) is 0 Å². The standard InChI is InChI=1S/C28H32FN3O/c1-30(16-13-22-7-6-8-25(19-22)31-14-4-5-15-31)17-18-32-26-12-11-24(29)20-23(26)21-33-28-10-3-2-9-27(28)32/h2-3,6-12,19-20H,4-5,13-18,21H2,1H3. The Morgan fingerprint density at radius 3 is 2.64 bits per heavy atom. The molecule has 1 saturated heterocycles. The van der Waals surface area contributed by atoms with Crippen LogP contribution in [0.2, 0.25) is 0 Å². The molecule has 0 atom stereocenters. The van der Waals surface area contributed by atoms with Gasteiger partial charge in [-0.1, -0.05) is 24.3 Å². The van der Waals surface area contributed by atoms with E-state index in [0.717, 1.165) is 48.7 Å². The summed E-state index contributed by atoms with van der Waals surface area (Å²) in [4.78, 5) is 7.13. The summed E-state index contributed by atoms with van der Waals surface area (Å²) in [5.74, 6) is 0.618. The third-order valence-electron chi connectivity index (χ3n) is 6.74. The molecule has 0 amide bonds. The van der Waals surface area contributed by atoms with Gasteiger partial charge in [0.05, 0.1) is 5.69 Å². The van der Waals surface area contributed by atoms with Gasteiger partial charge in [0.2, 0.25) is 0 Å². The molecule has 1 fully saturated rings. The molecular weight excluding hydrogens is 413 g/mol. The Kier molecular flexibility index (Phi) is 6.49. The molecule has 172 valence electrons. The summed E-state index contributed by atoms with van der Waals surface area (Å²) in [5.41, 5.74) is 5.69. The predicted octanol–water partition coefficient (Wildman–Crippen LogP) is 5.63. The van der Waals surface area contributed by atoms with Crippen LogP contribution >= 0.6 is 0 Å². The van der Waals surface area contributed by atoms with Crippen LogP contribution < -0.4 is 14.5 Å². The minimum Gasteiger partial charge on any atom is -0.487 e. The minimum atomic E-state index is -0.225. The van der Waals surface area contributed by atoms with Gasteiger partial charge in [0.25, 0.3) is 0 Å². The Hall–Kier alpha value is -3.05. The average molecular weight is 446 g/mol. The molecule has 33 heavy (non-hydrogen) atoms. The molecule has 0 saturated carbocycles. The van der Waals surface area contributed by atoms with E-state index in [4.69, 9.17) is 4.74 Å². The van der Waals surface area contributed by atoms with Gasteiger partial charge in [0, 0.05) is 49.7 Å². The molecule has 4 nitrogen and oxygen atoms in total. The zero-order valence-corrected chi connectivity index (χ0v) is 19.3. The van der Waals surface area contributed by atoms with Crippen LogP contribution in [0.1, 0.15) is 24.0 Å². The summed E-state index contributed by atoms with van der Waals surface area (Å²) in [5, 5.41) is 0. The first-order chi connectivity index (χ1) is 16.2. The highest BCUT2D eigenvalue weighted by atomic mass is 19.1. The van der Waals surface area contributed by atoms with Crippen LogP contribution in [0.4, 0.5) is 21.5 Å². The number of hydrogen-bond donors (Lipinski definition) is 0. The molecule has 0 radical (unpaired) electrons. The number of fused-ring (bicyclic) bond motifs is 2. The molecule has 0 bridgehead atoms. The molecule has 3 aromatic rings. The van der Waals surface area contributed by atoms with Crippen LogP contribution in [-0.4, -0.2) is 44.7 Å². The van der Waals surface area contributed by atoms with Crippen molar-refractivity contribution in [2.24, 2.45) is 0 Å². The number of rotatable bonds is 7. The van der Waals surface area contributed by atoms with Gasteiger partial charge in [-0.05, 0) is 74.3 Å². The van der Waals surface area contributed by atoms with Crippen molar-refractivity contribution in [2.75, 3.05) is 49.6 Å². The number of anilines is 3. The molecule has 5 heteroatoms. The van der Waals surface area contributed by atoms with Gasteiger partial charge in [0.15, 0.2) is 0 Å². The lowest BCUT2D eigenvalue weighted by atomic mass is 10.1. The molecular formula is C28H32FN3O. The minimum absolute atomic E-state index is 0.225. The number of ether oxygens (including phenoxy) is 1. The zero-order valence-electron chi connectivity index (χ0n) is 19.3. The highest BCUT2D eigenvalue weighted by molar-refractivity contribution is 5.72. The second kappa shape index (κ2) is 9.84. The number of hydrogen-bond acceptors (Lipinski definition) is 4. The van der Waals surface area contributed by atoms with Crippen LogP contribution in [0.5, 0.6) is 5.75 Å². The van der Waals surface area contributed by atoms with E-state index in [2.05, 4.69) is 52.1 Å². The van der Waals surface area contributed by atoms with E-state index in [9.17, 15) is 4.39 Å². The molecule has 2 aliphatic heterocycles. The predicted molar refractivity (Wildman–Crippen MR) is 133 cm³/mol. The van der Waals surface area contributed by atoms with Crippen molar-refractivity contribution in [1.82, 2.24) is 4.90 Å². The Bertz CT molecular complexity index is 1100. The van der Waals surface area contributed by atoms with Crippen molar-refractivity contribution < 1.29 is 9.13 Å². The lowest BCUT2D eigenvalue weighted by Crippen LogP contribution is -2.32. The SMILES string of the molecule is CN(CCc1cccc(N2CCCC2)c1)CCN1c2ccc(F)cc2COc2ccccc21. The Labute approximate surface area is 196 Å². The van der Waals surface area contributed by atoms with Gasteiger partial charge in [-0.3, -0.25) is 0 Å². The second-order valence-electron chi connectivity index (χ2n) is 9.10. The largest absolute Gasteiger partial charge is 0.487 e. The maximum absolute atomic E-state index is 13.9. The molecule has 0 aliphatic carbocycles. The van der Waals surface area contributed by atoms with E-state index in [-0.39, 0.29) is 5.82 Å². The smallest absolute Gasteiger partial charge is 0.143 e. The van der Waals surface area contributed by atoms with E-state index in [1.54, 1.807) is 6.07 Å². The van der Waals surface area contributed by atoms with E-state index in [1.807, 2.05) is 24.3 Å². The highest BCUT2D eigenvalue weighted by Gasteiger charge is 2.22. The van der Waals surface area contributed by atoms with Crippen molar-refractivity contribution in [3.8, 4) is 5.75 Å². The maximum atomic E-state index is 13.9. The van der Waals surface area contributed by atoms with Crippen molar-refractivity contribution in [1.29, 1.82) is 0 Å². The maximum Gasteiger partial charge on any atom is 0.143 e. The topological polar surface area (TPSA) is 19.0 Å². The van der Waals surface area contributed by atoms with Gasteiger partial charge in [-0.15, -0.1) is 0 Å². The van der Waals surface area contributed by atoms with Crippen LogP contribution in [-0.2, 0) is 13.0 Å². The number of likely N-dealkylation sites (N-methyl/N-ethyl adjacent to an activating group) is 1. The third-order valence-corrected chi connectivity index (χ3v) is 6.74. The molecule has 3 aromatic carbocycles. The summed E-state index contributed by atoms with van der Waals surface area (Å²) in [6.07, 6.45) is 3.63. The molecule has 2 heterocycles. The van der Waals surface area contributed by atoms with Crippen LogP contribution in [0, 0.1) is 5.82 Å². The van der Waals surface area contributed by atoms with Crippen LogP contribution in [0.25, 0.3) is 0 Å². The summed E-state index contributed by atoms with van der Waals surface area (Å²) >= 11 is 0. The number of halogens is 1. The normalized spacial score (nSPS) is 15.2. The Balaban J connectivity index is 1.25. The number of benzene rings is 3. The van der Waals surface area contributed by atoms with Gasteiger partial charge in [-0.25, -0.2) is 4.39 Å². The first kappa shape index (κ1) is 21.8. The quantitative estimate of drug-likeness (QED) is 0.469. The van der Waals surface area contributed by atoms with Gasteiger partial charge in [-0.2, -0.15) is 0 Å². The average Bonchev–Trinajstić information content (AvgIpc) is 3.33. The first-order valence-electron chi connectivity index (χ1n) is 12.0. The van der Waals surface area contributed by atoms with Crippen molar-refractivity contribution in [3.63, 3.8) is 0 Å². The van der Waals surface area contributed by atoms with Gasteiger partial charge < -0.3 is 19.4 Å². The fourth-order valence-electron chi connectivity index (χ4n) is 4.85.